The number of nitrogens with zero attached hydrogens (tertiary/aromatic N) is 1. The van der Waals surface area contributed by atoms with Crippen LogP contribution in [0.2, 0.25) is 5.02 Å². The first-order chi connectivity index (χ1) is 13.5. The SMILES string of the molecule is O=C(CN1C(=O)N[C@@H](c2ccccc2Cl)C2=C1COC2=O)Nc1ccccc1. The summed E-state index contributed by atoms with van der Waals surface area (Å²) < 4.78 is 5.15. The molecule has 8 heteroatoms. The highest BCUT2D eigenvalue weighted by molar-refractivity contribution is 6.31. The number of nitrogens with one attached hydrogen (secondary N) is 2. The quantitative estimate of drug-likeness (QED) is 0.776. The van der Waals surface area contributed by atoms with Gasteiger partial charge in [0.15, 0.2) is 0 Å². The van der Waals surface area contributed by atoms with Crippen molar-refractivity contribution in [2.45, 2.75) is 6.04 Å². The normalized spacial score (nSPS) is 18.5. The number of hydrogen-bond acceptors (Lipinski definition) is 4. The minimum absolute atomic E-state index is 0.0683. The van der Waals surface area contributed by atoms with Crippen LogP contribution in [0, 0.1) is 0 Å². The molecule has 2 aromatic rings. The van der Waals surface area contributed by atoms with Gasteiger partial charge in [-0.15, -0.1) is 0 Å². The average molecular weight is 398 g/mol. The number of cyclic esters (lactones) is 1. The zero-order chi connectivity index (χ0) is 19.7. The van der Waals surface area contributed by atoms with Crippen LogP contribution in [0.3, 0.4) is 0 Å². The Kier molecular flexibility index (Phi) is 4.75. The lowest BCUT2D eigenvalue weighted by Crippen LogP contribution is -2.49. The van der Waals surface area contributed by atoms with E-state index in [1.165, 1.54) is 4.90 Å². The maximum Gasteiger partial charge on any atom is 0.338 e. The number of anilines is 1. The summed E-state index contributed by atoms with van der Waals surface area (Å²) in [6.07, 6.45) is 0. The van der Waals surface area contributed by atoms with Gasteiger partial charge in [0, 0.05) is 10.7 Å². The van der Waals surface area contributed by atoms with Crippen LogP contribution in [-0.4, -0.2) is 36.0 Å². The molecule has 0 saturated carbocycles. The maximum absolute atomic E-state index is 12.7. The molecular weight excluding hydrogens is 382 g/mol. The van der Waals surface area contributed by atoms with Crippen molar-refractivity contribution in [1.82, 2.24) is 10.2 Å². The highest BCUT2D eigenvalue weighted by Crippen LogP contribution is 2.37. The van der Waals surface area contributed by atoms with E-state index in [0.717, 1.165) is 0 Å². The predicted octanol–water partition coefficient (Wildman–Crippen LogP) is 2.86. The number of ether oxygens (including phenoxy) is 1. The lowest BCUT2D eigenvalue weighted by Gasteiger charge is -2.32. The number of amides is 3. The first-order valence-electron chi connectivity index (χ1n) is 8.62. The molecule has 0 radical (unpaired) electrons. The number of para-hydroxylation sites is 1. The van der Waals surface area contributed by atoms with E-state index in [0.29, 0.717) is 27.5 Å². The van der Waals surface area contributed by atoms with Crippen LogP contribution in [-0.2, 0) is 14.3 Å². The molecule has 28 heavy (non-hydrogen) atoms. The fourth-order valence-electron chi connectivity index (χ4n) is 3.29. The van der Waals surface area contributed by atoms with Crippen molar-refractivity contribution in [3.8, 4) is 0 Å². The summed E-state index contributed by atoms with van der Waals surface area (Å²) in [6, 6.07) is 14.6. The molecule has 0 unspecified atom stereocenters. The van der Waals surface area contributed by atoms with Crippen molar-refractivity contribution in [3.63, 3.8) is 0 Å². The van der Waals surface area contributed by atoms with Crippen molar-refractivity contribution in [2.75, 3.05) is 18.5 Å². The molecule has 0 aromatic heterocycles. The molecule has 0 spiro atoms. The van der Waals surface area contributed by atoms with Crippen LogP contribution >= 0.6 is 11.6 Å². The summed E-state index contributed by atoms with van der Waals surface area (Å²) in [7, 11) is 0. The molecule has 0 aliphatic carbocycles. The van der Waals surface area contributed by atoms with E-state index < -0.39 is 18.0 Å². The van der Waals surface area contributed by atoms with E-state index in [1.807, 2.05) is 6.07 Å². The van der Waals surface area contributed by atoms with Gasteiger partial charge in [0.05, 0.1) is 17.3 Å². The van der Waals surface area contributed by atoms with Gasteiger partial charge in [0.1, 0.15) is 13.2 Å². The number of carbonyl (C=O) groups excluding carboxylic acids is 3. The third-order valence-electron chi connectivity index (χ3n) is 4.57. The largest absolute Gasteiger partial charge is 0.456 e. The molecular formula is C20H16ClN3O4. The third kappa shape index (κ3) is 3.32. The zero-order valence-corrected chi connectivity index (χ0v) is 15.4. The molecule has 2 heterocycles. The lowest BCUT2D eigenvalue weighted by molar-refractivity contribution is -0.136. The van der Waals surface area contributed by atoms with Crippen molar-refractivity contribution in [1.29, 1.82) is 0 Å². The van der Waals surface area contributed by atoms with Gasteiger partial charge in [0.25, 0.3) is 0 Å². The molecule has 2 aliphatic heterocycles. The summed E-state index contributed by atoms with van der Waals surface area (Å²) in [6.45, 7) is -0.313. The monoisotopic (exact) mass is 397 g/mol. The number of urea groups is 1. The van der Waals surface area contributed by atoms with E-state index in [4.69, 9.17) is 16.3 Å². The van der Waals surface area contributed by atoms with E-state index in [2.05, 4.69) is 10.6 Å². The number of rotatable bonds is 4. The van der Waals surface area contributed by atoms with E-state index >= 15 is 0 Å². The number of carbonyl (C=O) groups is 3. The average Bonchev–Trinajstić information content (AvgIpc) is 3.07. The standard InChI is InChI=1S/C20H16ClN3O4/c21-14-9-5-4-8-13(14)18-17-15(11-28-19(17)26)24(20(27)23-18)10-16(25)22-12-6-2-1-3-7-12/h1-9,18H,10-11H2,(H,22,25)(H,23,27)/t18-/m0/s1. The van der Waals surface area contributed by atoms with Gasteiger partial charge in [-0.05, 0) is 23.8 Å². The molecule has 1 atom stereocenters. The first-order valence-corrected chi connectivity index (χ1v) is 9.00. The number of halogens is 1. The Hall–Kier alpha value is -3.32. The van der Waals surface area contributed by atoms with Gasteiger partial charge in [-0.2, -0.15) is 0 Å². The fraction of sp³-hybridized carbons (Fsp3) is 0.150. The zero-order valence-electron chi connectivity index (χ0n) is 14.6. The fourth-order valence-corrected chi connectivity index (χ4v) is 3.53. The molecule has 3 amide bonds. The second kappa shape index (κ2) is 7.36. The molecule has 142 valence electrons. The Balaban J connectivity index is 1.62. The maximum atomic E-state index is 12.7. The molecule has 4 rings (SSSR count). The minimum Gasteiger partial charge on any atom is -0.456 e. The Morgan fingerprint density at radius 2 is 1.86 bits per heavy atom. The van der Waals surface area contributed by atoms with Gasteiger partial charge in [-0.1, -0.05) is 48.0 Å². The summed E-state index contributed by atoms with van der Waals surface area (Å²) in [5.41, 5.74) is 1.88. The smallest absolute Gasteiger partial charge is 0.338 e. The Bertz CT molecular complexity index is 990. The summed E-state index contributed by atoms with van der Waals surface area (Å²) in [4.78, 5) is 38.7. The minimum atomic E-state index is -0.723. The van der Waals surface area contributed by atoms with E-state index in [9.17, 15) is 14.4 Å². The third-order valence-corrected chi connectivity index (χ3v) is 4.92. The van der Waals surface area contributed by atoms with Crippen LogP contribution < -0.4 is 10.6 Å². The van der Waals surface area contributed by atoms with Crippen LogP contribution in [0.25, 0.3) is 0 Å². The van der Waals surface area contributed by atoms with E-state index in [-0.39, 0.29) is 19.1 Å². The van der Waals surface area contributed by atoms with Gasteiger partial charge in [0.2, 0.25) is 5.91 Å². The summed E-state index contributed by atoms with van der Waals surface area (Å²) in [5, 5.41) is 5.91. The summed E-state index contributed by atoms with van der Waals surface area (Å²) >= 11 is 6.25. The molecule has 2 aliphatic rings. The van der Waals surface area contributed by atoms with Crippen molar-refractivity contribution in [2.24, 2.45) is 0 Å². The second-order valence-electron chi connectivity index (χ2n) is 6.34. The number of hydrogen-bond donors (Lipinski definition) is 2. The van der Waals surface area contributed by atoms with Crippen molar-refractivity contribution < 1.29 is 19.1 Å². The van der Waals surface area contributed by atoms with Crippen LogP contribution in [0.4, 0.5) is 10.5 Å². The Morgan fingerprint density at radius 3 is 2.61 bits per heavy atom. The van der Waals surface area contributed by atoms with Crippen LogP contribution in [0.15, 0.2) is 65.9 Å². The van der Waals surface area contributed by atoms with Gasteiger partial charge >= 0.3 is 12.0 Å². The van der Waals surface area contributed by atoms with Gasteiger partial charge in [-0.3, -0.25) is 9.69 Å². The Morgan fingerprint density at radius 1 is 1.14 bits per heavy atom. The molecule has 7 nitrogen and oxygen atoms in total. The highest BCUT2D eigenvalue weighted by atomic mass is 35.5. The molecule has 0 fully saturated rings. The van der Waals surface area contributed by atoms with Crippen molar-refractivity contribution >= 4 is 35.2 Å². The molecule has 0 bridgehead atoms. The topological polar surface area (TPSA) is 87.7 Å². The molecule has 2 aromatic carbocycles. The second-order valence-corrected chi connectivity index (χ2v) is 6.75. The molecule has 2 N–H and O–H groups in total. The number of esters is 1. The van der Waals surface area contributed by atoms with E-state index in [1.54, 1.807) is 48.5 Å². The van der Waals surface area contributed by atoms with Crippen LogP contribution in [0.1, 0.15) is 11.6 Å². The Labute approximate surface area is 165 Å². The first kappa shape index (κ1) is 18.1. The molecule has 0 saturated heterocycles. The lowest BCUT2D eigenvalue weighted by atomic mass is 9.95. The number of benzene rings is 2. The van der Waals surface area contributed by atoms with Crippen molar-refractivity contribution in [3.05, 3.63) is 76.5 Å². The summed E-state index contributed by atoms with van der Waals surface area (Å²) in [5.74, 6) is -0.919. The predicted molar refractivity (Wildman–Crippen MR) is 102 cm³/mol. The van der Waals surface area contributed by atoms with Crippen LogP contribution in [0.5, 0.6) is 0 Å². The van der Waals surface area contributed by atoms with Gasteiger partial charge < -0.3 is 15.4 Å². The highest BCUT2D eigenvalue weighted by Gasteiger charge is 2.43. The van der Waals surface area contributed by atoms with Gasteiger partial charge in [-0.25, -0.2) is 9.59 Å².